The van der Waals surface area contributed by atoms with Crippen LogP contribution in [0.1, 0.15) is 50.3 Å². The molecule has 0 saturated carbocycles. The molecular formula is C20H26N4O4. The van der Waals surface area contributed by atoms with Crippen molar-refractivity contribution in [1.29, 1.82) is 0 Å². The summed E-state index contributed by atoms with van der Waals surface area (Å²) < 4.78 is 7.31. The molecule has 0 spiro atoms. The lowest BCUT2D eigenvalue weighted by Gasteiger charge is -2.22. The van der Waals surface area contributed by atoms with Crippen molar-refractivity contribution in [2.24, 2.45) is 5.92 Å². The fraction of sp³-hybridized carbons (Fsp3) is 0.500. The molecule has 2 atom stereocenters. The molecule has 1 N–H and O–H groups in total. The predicted octanol–water partition coefficient (Wildman–Crippen LogP) is 2.55. The second-order valence-corrected chi connectivity index (χ2v) is 7.28. The van der Waals surface area contributed by atoms with Crippen molar-refractivity contribution < 1.29 is 19.4 Å². The monoisotopic (exact) mass is 386 g/mol. The molecule has 3 rings (SSSR count). The molecule has 150 valence electrons. The van der Waals surface area contributed by atoms with Crippen LogP contribution in [-0.2, 0) is 11.2 Å². The van der Waals surface area contributed by atoms with Gasteiger partial charge in [-0.05, 0) is 57.9 Å². The quantitative estimate of drug-likeness (QED) is 0.819. The highest BCUT2D eigenvalue weighted by atomic mass is 16.5. The summed E-state index contributed by atoms with van der Waals surface area (Å²) in [5.74, 6) is -0.915. The lowest BCUT2D eigenvalue weighted by atomic mass is 10.0. The Labute approximate surface area is 164 Å². The molecule has 0 aliphatic carbocycles. The maximum Gasteiger partial charge on any atom is 0.308 e. The Morgan fingerprint density at radius 2 is 1.96 bits per heavy atom. The normalized spacial score (nSPS) is 19.2. The first-order valence-corrected chi connectivity index (χ1v) is 9.58. The van der Waals surface area contributed by atoms with Crippen molar-refractivity contribution in [3.05, 3.63) is 35.7 Å². The number of carboxylic acids is 1. The standard InChI is InChI=1S/C20H26N4O4/c1-5-17-18(19(25)23-11-10-16(13(23)4)20(26)27)21-22-24(17)14-6-8-15(9-7-14)28-12(2)3/h6-9,12-13,16H,5,10-11H2,1-4H3,(H,26,27). The summed E-state index contributed by atoms with van der Waals surface area (Å²) in [6.45, 7) is 8.05. The van der Waals surface area contributed by atoms with Crippen LogP contribution >= 0.6 is 0 Å². The number of ether oxygens (including phenoxy) is 1. The van der Waals surface area contributed by atoms with Crippen LogP contribution in [0.2, 0.25) is 0 Å². The summed E-state index contributed by atoms with van der Waals surface area (Å²) in [5.41, 5.74) is 1.77. The fourth-order valence-electron chi connectivity index (χ4n) is 3.62. The largest absolute Gasteiger partial charge is 0.491 e. The van der Waals surface area contributed by atoms with E-state index in [1.165, 1.54) is 0 Å². The molecule has 0 bridgehead atoms. The zero-order valence-electron chi connectivity index (χ0n) is 16.6. The van der Waals surface area contributed by atoms with Gasteiger partial charge in [0.05, 0.1) is 23.4 Å². The number of hydrogen-bond acceptors (Lipinski definition) is 5. The number of amides is 1. The minimum atomic E-state index is -0.870. The fourth-order valence-corrected chi connectivity index (χ4v) is 3.62. The number of aromatic nitrogens is 3. The van der Waals surface area contributed by atoms with Gasteiger partial charge in [0.15, 0.2) is 5.69 Å². The molecule has 2 heterocycles. The zero-order chi connectivity index (χ0) is 20.4. The van der Waals surface area contributed by atoms with E-state index >= 15 is 0 Å². The van der Waals surface area contributed by atoms with E-state index in [9.17, 15) is 14.7 Å². The van der Waals surface area contributed by atoms with E-state index in [-0.39, 0.29) is 23.7 Å². The van der Waals surface area contributed by atoms with Crippen LogP contribution in [0.5, 0.6) is 5.75 Å². The van der Waals surface area contributed by atoms with Gasteiger partial charge in [0.2, 0.25) is 0 Å². The summed E-state index contributed by atoms with van der Waals surface area (Å²) >= 11 is 0. The highest BCUT2D eigenvalue weighted by molar-refractivity contribution is 5.94. The number of hydrogen-bond donors (Lipinski definition) is 1. The van der Waals surface area contributed by atoms with Crippen LogP contribution in [0.15, 0.2) is 24.3 Å². The van der Waals surface area contributed by atoms with Gasteiger partial charge in [-0.15, -0.1) is 5.10 Å². The van der Waals surface area contributed by atoms with Crippen molar-refractivity contribution in [3.8, 4) is 11.4 Å². The zero-order valence-corrected chi connectivity index (χ0v) is 16.6. The van der Waals surface area contributed by atoms with Gasteiger partial charge in [0.1, 0.15) is 5.75 Å². The highest BCUT2D eigenvalue weighted by Crippen LogP contribution is 2.27. The third-order valence-electron chi connectivity index (χ3n) is 5.09. The molecule has 1 saturated heterocycles. The van der Waals surface area contributed by atoms with Crippen LogP contribution in [-0.4, -0.2) is 55.6 Å². The number of benzene rings is 1. The number of likely N-dealkylation sites (tertiary alicyclic amines) is 1. The minimum absolute atomic E-state index is 0.0877. The van der Waals surface area contributed by atoms with Crippen molar-refractivity contribution >= 4 is 11.9 Å². The van der Waals surface area contributed by atoms with E-state index in [4.69, 9.17) is 4.74 Å². The van der Waals surface area contributed by atoms with E-state index < -0.39 is 11.9 Å². The number of carbonyl (C=O) groups excluding carboxylic acids is 1. The van der Waals surface area contributed by atoms with Crippen LogP contribution < -0.4 is 4.74 Å². The lowest BCUT2D eigenvalue weighted by Crippen LogP contribution is -2.38. The number of rotatable bonds is 6. The molecule has 1 fully saturated rings. The molecule has 1 aliphatic rings. The first-order valence-electron chi connectivity index (χ1n) is 9.58. The maximum atomic E-state index is 13.0. The summed E-state index contributed by atoms with van der Waals surface area (Å²) in [6, 6.07) is 7.10. The average Bonchev–Trinajstić information content (AvgIpc) is 3.24. The van der Waals surface area contributed by atoms with Crippen LogP contribution in [0.25, 0.3) is 5.69 Å². The van der Waals surface area contributed by atoms with Crippen molar-refractivity contribution in [3.63, 3.8) is 0 Å². The predicted molar refractivity (Wildman–Crippen MR) is 103 cm³/mol. The molecule has 1 aromatic carbocycles. The lowest BCUT2D eigenvalue weighted by molar-refractivity contribution is -0.142. The summed E-state index contributed by atoms with van der Waals surface area (Å²) in [6.07, 6.45) is 1.11. The van der Waals surface area contributed by atoms with Gasteiger partial charge in [-0.3, -0.25) is 9.59 Å². The molecule has 8 heteroatoms. The molecular weight excluding hydrogens is 360 g/mol. The van der Waals surface area contributed by atoms with Crippen LogP contribution in [0.4, 0.5) is 0 Å². The summed E-state index contributed by atoms with van der Waals surface area (Å²) in [5, 5.41) is 17.6. The van der Waals surface area contributed by atoms with Gasteiger partial charge in [-0.25, -0.2) is 4.68 Å². The Morgan fingerprint density at radius 1 is 1.29 bits per heavy atom. The molecule has 1 amide bonds. The molecule has 28 heavy (non-hydrogen) atoms. The molecule has 2 unspecified atom stereocenters. The summed E-state index contributed by atoms with van der Waals surface area (Å²) in [4.78, 5) is 26.0. The maximum absolute atomic E-state index is 13.0. The van der Waals surface area contributed by atoms with Gasteiger partial charge in [-0.1, -0.05) is 12.1 Å². The van der Waals surface area contributed by atoms with E-state index in [0.29, 0.717) is 25.1 Å². The van der Waals surface area contributed by atoms with Gasteiger partial charge < -0.3 is 14.7 Å². The summed E-state index contributed by atoms with van der Waals surface area (Å²) in [7, 11) is 0. The highest BCUT2D eigenvalue weighted by Gasteiger charge is 2.39. The van der Waals surface area contributed by atoms with E-state index in [1.54, 1.807) is 16.5 Å². The Bertz CT molecular complexity index is 860. The number of carbonyl (C=O) groups is 2. The Kier molecular flexibility index (Phi) is 5.67. The van der Waals surface area contributed by atoms with E-state index in [1.807, 2.05) is 45.0 Å². The third kappa shape index (κ3) is 3.72. The first-order chi connectivity index (χ1) is 13.3. The molecule has 0 radical (unpaired) electrons. The van der Waals surface area contributed by atoms with Gasteiger partial charge in [0.25, 0.3) is 5.91 Å². The Morgan fingerprint density at radius 3 is 2.50 bits per heavy atom. The second kappa shape index (κ2) is 8.00. The Balaban J connectivity index is 1.86. The Hall–Kier alpha value is -2.90. The first kappa shape index (κ1) is 19.9. The SMILES string of the molecule is CCc1c(C(=O)N2CCC(C(=O)O)C2C)nnn1-c1ccc(OC(C)C)cc1. The minimum Gasteiger partial charge on any atom is -0.491 e. The van der Waals surface area contributed by atoms with Crippen molar-refractivity contribution in [2.75, 3.05) is 6.54 Å². The van der Waals surface area contributed by atoms with Crippen molar-refractivity contribution in [1.82, 2.24) is 19.9 Å². The van der Waals surface area contributed by atoms with Crippen molar-refractivity contribution in [2.45, 2.75) is 52.7 Å². The average molecular weight is 386 g/mol. The topological polar surface area (TPSA) is 97.5 Å². The van der Waals surface area contributed by atoms with Gasteiger partial charge >= 0.3 is 5.97 Å². The number of carboxylic acid groups (broad SMARTS) is 1. The van der Waals surface area contributed by atoms with Crippen LogP contribution in [0, 0.1) is 5.92 Å². The smallest absolute Gasteiger partial charge is 0.308 e. The molecule has 8 nitrogen and oxygen atoms in total. The molecule has 1 aromatic heterocycles. The molecule has 1 aliphatic heterocycles. The van der Waals surface area contributed by atoms with E-state index in [0.717, 1.165) is 11.4 Å². The van der Waals surface area contributed by atoms with Gasteiger partial charge in [-0.2, -0.15) is 0 Å². The number of nitrogens with zero attached hydrogens (tertiary/aromatic N) is 4. The van der Waals surface area contributed by atoms with Gasteiger partial charge in [0, 0.05) is 12.6 Å². The third-order valence-corrected chi connectivity index (χ3v) is 5.09. The second-order valence-electron chi connectivity index (χ2n) is 7.28. The van der Waals surface area contributed by atoms with E-state index in [2.05, 4.69) is 10.3 Å². The number of aliphatic carboxylic acids is 1. The van der Waals surface area contributed by atoms with Crippen LogP contribution in [0.3, 0.4) is 0 Å². The molecule has 2 aromatic rings.